The van der Waals surface area contributed by atoms with Crippen molar-refractivity contribution in [3.05, 3.63) is 59.7 Å². The summed E-state index contributed by atoms with van der Waals surface area (Å²) in [6.07, 6.45) is 0.414. The lowest BCUT2D eigenvalue weighted by atomic mass is 10.1. The summed E-state index contributed by atoms with van der Waals surface area (Å²) in [4.78, 5) is 0. The second kappa shape index (κ2) is 5.39. The largest absolute Gasteiger partial charge is 0.454 e. The maximum absolute atomic E-state index is 5.74. The van der Waals surface area contributed by atoms with Crippen LogP contribution in [0.1, 0.15) is 17.2 Å². The molecule has 1 fully saturated rings. The van der Waals surface area contributed by atoms with Crippen LogP contribution in [-0.2, 0) is 11.3 Å². The first kappa shape index (κ1) is 12.7. The van der Waals surface area contributed by atoms with Crippen LogP contribution in [0.3, 0.4) is 0 Å². The predicted molar refractivity (Wildman–Crippen MR) is 78.3 cm³/mol. The molecule has 1 saturated heterocycles. The topological polar surface area (TPSA) is 43.0 Å². The minimum absolute atomic E-state index is 0.169. The Bertz CT molecular complexity index is 629. The molecule has 4 nitrogen and oxygen atoms in total. The highest BCUT2D eigenvalue weighted by molar-refractivity contribution is 5.45. The van der Waals surface area contributed by atoms with Crippen molar-refractivity contribution >= 4 is 0 Å². The summed E-state index contributed by atoms with van der Waals surface area (Å²) in [5.41, 5.74) is 2.45. The van der Waals surface area contributed by atoms with Gasteiger partial charge in [-0.3, -0.25) is 0 Å². The zero-order chi connectivity index (χ0) is 14.1. The van der Waals surface area contributed by atoms with Crippen molar-refractivity contribution in [2.24, 2.45) is 0 Å². The molecule has 0 amide bonds. The molecule has 0 aromatic heterocycles. The Labute approximate surface area is 123 Å². The van der Waals surface area contributed by atoms with Gasteiger partial charge < -0.3 is 19.5 Å². The van der Waals surface area contributed by atoms with Crippen molar-refractivity contribution in [1.29, 1.82) is 0 Å². The van der Waals surface area contributed by atoms with Crippen LogP contribution >= 0.6 is 0 Å². The molecule has 2 unspecified atom stereocenters. The second-order valence-electron chi connectivity index (χ2n) is 5.32. The van der Waals surface area contributed by atoms with Gasteiger partial charge in [-0.2, -0.15) is 0 Å². The molecule has 2 aliphatic heterocycles. The van der Waals surface area contributed by atoms with Crippen molar-refractivity contribution in [3.63, 3.8) is 0 Å². The van der Waals surface area contributed by atoms with Gasteiger partial charge in [0.2, 0.25) is 6.79 Å². The van der Waals surface area contributed by atoms with Crippen LogP contribution < -0.4 is 14.8 Å². The van der Waals surface area contributed by atoms with Gasteiger partial charge in [0.05, 0.1) is 0 Å². The molecule has 0 aliphatic carbocycles. The second-order valence-corrected chi connectivity index (χ2v) is 5.32. The lowest BCUT2D eigenvalue weighted by molar-refractivity contribution is 0.174. The Morgan fingerprint density at radius 3 is 2.76 bits per heavy atom. The number of hydrogen-bond acceptors (Lipinski definition) is 4. The third-order valence-corrected chi connectivity index (χ3v) is 3.83. The van der Waals surface area contributed by atoms with Crippen LogP contribution in [0, 0.1) is 0 Å². The molecular weight excluding hydrogens is 266 g/mol. The molecule has 0 bridgehead atoms. The Morgan fingerprint density at radius 1 is 1.00 bits per heavy atom. The summed E-state index contributed by atoms with van der Waals surface area (Å²) in [6, 6.07) is 16.4. The van der Waals surface area contributed by atoms with Crippen molar-refractivity contribution < 1.29 is 14.2 Å². The summed E-state index contributed by atoms with van der Waals surface area (Å²) < 4.78 is 16.5. The molecular formula is C17H17NO3. The normalized spacial score (nSPS) is 22.3. The number of nitrogens with one attached hydrogen (secondary N) is 1. The highest BCUT2D eigenvalue weighted by Gasteiger charge is 2.40. The van der Waals surface area contributed by atoms with Gasteiger partial charge in [0.25, 0.3) is 0 Å². The van der Waals surface area contributed by atoms with Crippen molar-refractivity contribution in [2.45, 2.75) is 18.8 Å². The monoisotopic (exact) mass is 283 g/mol. The summed E-state index contributed by atoms with van der Waals surface area (Å²) in [5.74, 6) is 1.64. The third-order valence-electron chi connectivity index (χ3n) is 3.83. The number of rotatable bonds is 5. The van der Waals surface area contributed by atoms with Gasteiger partial charge >= 0.3 is 0 Å². The summed E-state index contributed by atoms with van der Waals surface area (Å²) in [5, 5.41) is 3.43. The Hall–Kier alpha value is -2.04. The zero-order valence-corrected chi connectivity index (χ0v) is 11.6. The first-order valence-electron chi connectivity index (χ1n) is 7.20. The predicted octanol–water partition coefficient (Wildman–Crippen LogP) is 2.65. The van der Waals surface area contributed by atoms with Crippen LogP contribution in [0.2, 0.25) is 0 Å². The first-order chi connectivity index (χ1) is 10.4. The Balaban J connectivity index is 1.30. The fourth-order valence-electron chi connectivity index (χ4n) is 2.64. The molecule has 2 atom stereocenters. The van der Waals surface area contributed by atoms with E-state index in [1.165, 1.54) is 5.56 Å². The molecule has 108 valence electrons. The van der Waals surface area contributed by atoms with Crippen molar-refractivity contribution in [1.82, 2.24) is 5.32 Å². The molecule has 0 spiro atoms. The van der Waals surface area contributed by atoms with Crippen LogP contribution in [-0.4, -0.2) is 19.4 Å². The lowest BCUT2D eigenvalue weighted by Gasteiger charge is -2.03. The smallest absolute Gasteiger partial charge is 0.231 e. The molecule has 0 radical (unpaired) electrons. The first-order valence-corrected chi connectivity index (χ1v) is 7.20. The number of benzene rings is 2. The number of ether oxygens (including phenoxy) is 3. The highest BCUT2D eigenvalue weighted by Crippen LogP contribution is 2.42. The van der Waals surface area contributed by atoms with Gasteiger partial charge in [-0.25, -0.2) is 0 Å². The van der Waals surface area contributed by atoms with E-state index in [1.807, 2.05) is 18.2 Å². The van der Waals surface area contributed by atoms with E-state index in [2.05, 4.69) is 35.6 Å². The van der Waals surface area contributed by atoms with Gasteiger partial charge in [-0.15, -0.1) is 0 Å². The van der Waals surface area contributed by atoms with Gasteiger partial charge in [0.15, 0.2) is 11.5 Å². The SMILES string of the molecule is c1ccc(CNCC2OC2c2ccc3c(c2)OCO3)cc1. The average Bonchev–Trinajstić information content (AvgIpc) is 3.14. The van der Waals surface area contributed by atoms with E-state index in [-0.39, 0.29) is 12.2 Å². The Morgan fingerprint density at radius 2 is 1.86 bits per heavy atom. The van der Waals surface area contributed by atoms with E-state index in [4.69, 9.17) is 14.2 Å². The Kier molecular flexibility index (Phi) is 3.25. The van der Waals surface area contributed by atoms with Crippen molar-refractivity contribution in [2.75, 3.05) is 13.3 Å². The van der Waals surface area contributed by atoms with Crippen LogP contribution in [0.15, 0.2) is 48.5 Å². The minimum Gasteiger partial charge on any atom is -0.454 e. The van der Waals surface area contributed by atoms with Crippen molar-refractivity contribution in [3.8, 4) is 11.5 Å². The van der Waals surface area contributed by atoms with E-state index in [9.17, 15) is 0 Å². The van der Waals surface area contributed by atoms with Gasteiger partial charge in [0.1, 0.15) is 12.2 Å². The fraction of sp³-hybridized carbons (Fsp3) is 0.294. The maximum Gasteiger partial charge on any atom is 0.231 e. The maximum atomic E-state index is 5.74. The lowest BCUT2D eigenvalue weighted by Crippen LogP contribution is -2.19. The molecule has 21 heavy (non-hydrogen) atoms. The van der Waals surface area contributed by atoms with E-state index in [1.54, 1.807) is 0 Å². The zero-order valence-electron chi connectivity index (χ0n) is 11.6. The molecule has 2 aliphatic rings. The van der Waals surface area contributed by atoms with Crippen LogP contribution in [0.4, 0.5) is 0 Å². The molecule has 4 heteroatoms. The molecule has 2 aromatic carbocycles. The number of fused-ring (bicyclic) bond motifs is 1. The summed E-state index contributed by atoms with van der Waals surface area (Å²) in [7, 11) is 0. The van der Waals surface area contributed by atoms with Gasteiger partial charge in [-0.1, -0.05) is 36.4 Å². The number of epoxide rings is 1. The molecule has 2 heterocycles. The summed E-state index contributed by atoms with van der Waals surface area (Å²) in [6.45, 7) is 2.04. The quantitative estimate of drug-likeness (QED) is 0.857. The number of hydrogen-bond donors (Lipinski definition) is 1. The highest BCUT2D eigenvalue weighted by atomic mass is 16.7. The standard InChI is InChI=1S/C17H17NO3/c1-2-4-12(5-3-1)9-18-10-16-17(21-16)13-6-7-14-15(8-13)20-11-19-14/h1-8,16-18H,9-11H2. The van der Waals surface area contributed by atoms with Crippen LogP contribution in [0.5, 0.6) is 11.5 Å². The van der Waals surface area contributed by atoms with Gasteiger partial charge in [-0.05, 0) is 23.3 Å². The molecule has 2 aromatic rings. The summed E-state index contributed by atoms with van der Waals surface area (Å²) >= 11 is 0. The molecule has 4 rings (SSSR count). The molecule has 0 saturated carbocycles. The fourth-order valence-corrected chi connectivity index (χ4v) is 2.64. The van der Waals surface area contributed by atoms with E-state index < -0.39 is 0 Å². The minimum atomic E-state index is 0.169. The average molecular weight is 283 g/mol. The van der Waals surface area contributed by atoms with Gasteiger partial charge in [0, 0.05) is 13.1 Å². The van der Waals surface area contributed by atoms with E-state index in [0.717, 1.165) is 30.2 Å². The molecule has 1 N–H and O–H groups in total. The van der Waals surface area contributed by atoms with E-state index >= 15 is 0 Å². The van der Waals surface area contributed by atoms with Crippen LogP contribution in [0.25, 0.3) is 0 Å². The third kappa shape index (κ3) is 2.73. The van der Waals surface area contributed by atoms with E-state index in [0.29, 0.717) is 6.79 Å².